The summed E-state index contributed by atoms with van der Waals surface area (Å²) in [4.78, 5) is 4.63. The standard InChI is InChI=1S/C20H30N4O4.HI/c1-7-21-20(23-12-15-10-16(13(2)3)24-28-15)22-11-14-8-17(25-4)19(27-6)18(9-14)26-5;/h8-10,13H,7,11-12H2,1-6H3,(H2,21,22,23);1H. The minimum Gasteiger partial charge on any atom is -0.493 e. The third-order valence-electron chi connectivity index (χ3n) is 4.09. The normalized spacial score (nSPS) is 11.1. The first-order valence-corrected chi connectivity index (χ1v) is 9.28. The lowest BCUT2D eigenvalue weighted by molar-refractivity contribution is 0.324. The molecule has 8 nitrogen and oxygen atoms in total. The fourth-order valence-electron chi connectivity index (χ4n) is 2.59. The van der Waals surface area contributed by atoms with Crippen molar-refractivity contribution in [3.8, 4) is 17.2 Å². The van der Waals surface area contributed by atoms with Crippen LogP contribution >= 0.6 is 24.0 Å². The Kier molecular flexibility index (Phi) is 10.6. The number of halogens is 1. The lowest BCUT2D eigenvalue weighted by atomic mass is 10.1. The monoisotopic (exact) mass is 518 g/mol. The van der Waals surface area contributed by atoms with Crippen LogP contribution in [-0.2, 0) is 13.1 Å². The molecule has 0 bridgehead atoms. The number of nitrogens with zero attached hydrogens (tertiary/aromatic N) is 2. The first kappa shape index (κ1) is 24.9. The van der Waals surface area contributed by atoms with E-state index >= 15 is 0 Å². The zero-order valence-corrected chi connectivity index (χ0v) is 20.2. The van der Waals surface area contributed by atoms with E-state index in [0.29, 0.717) is 42.2 Å². The number of hydrogen-bond acceptors (Lipinski definition) is 6. The molecule has 0 fully saturated rings. The van der Waals surface area contributed by atoms with Crippen LogP contribution in [0.2, 0.25) is 0 Å². The highest BCUT2D eigenvalue weighted by Crippen LogP contribution is 2.38. The van der Waals surface area contributed by atoms with Gasteiger partial charge in [0.2, 0.25) is 5.75 Å². The molecule has 2 aromatic rings. The van der Waals surface area contributed by atoms with Crippen LogP contribution in [0.15, 0.2) is 27.7 Å². The molecule has 0 unspecified atom stereocenters. The maximum Gasteiger partial charge on any atom is 0.203 e. The molecule has 9 heteroatoms. The van der Waals surface area contributed by atoms with Crippen LogP contribution in [-0.4, -0.2) is 39.0 Å². The number of aromatic nitrogens is 1. The summed E-state index contributed by atoms with van der Waals surface area (Å²) in [5, 5.41) is 10.6. The van der Waals surface area contributed by atoms with Gasteiger partial charge < -0.3 is 29.4 Å². The maximum absolute atomic E-state index is 5.40. The predicted molar refractivity (Wildman–Crippen MR) is 124 cm³/mol. The van der Waals surface area contributed by atoms with E-state index in [1.54, 1.807) is 21.3 Å². The molecular formula is C20H31IN4O4. The smallest absolute Gasteiger partial charge is 0.203 e. The van der Waals surface area contributed by atoms with Gasteiger partial charge in [0.25, 0.3) is 0 Å². The molecule has 0 radical (unpaired) electrons. The average molecular weight is 518 g/mol. The molecule has 0 aliphatic carbocycles. The van der Waals surface area contributed by atoms with E-state index in [4.69, 9.17) is 18.7 Å². The van der Waals surface area contributed by atoms with Gasteiger partial charge in [0.05, 0.1) is 40.1 Å². The molecule has 0 atom stereocenters. The first-order chi connectivity index (χ1) is 13.5. The van der Waals surface area contributed by atoms with E-state index < -0.39 is 0 Å². The summed E-state index contributed by atoms with van der Waals surface area (Å²) in [7, 11) is 4.77. The maximum atomic E-state index is 5.40. The van der Waals surface area contributed by atoms with Gasteiger partial charge in [-0.25, -0.2) is 4.99 Å². The topological polar surface area (TPSA) is 90.1 Å². The average Bonchev–Trinajstić information content (AvgIpc) is 3.18. The van der Waals surface area contributed by atoms with Gasteiger partial charge in [-0.1, -0.05) is 19.0 Å². The molecule has 0 saturated carbocycles. The van der Waals surface area contributed by atoms with Crippen molar-refractivity contribution in [2.24, 2.45) is 4.99 Å². The van der Waals surface area contributed by atoms with Crippen LogP contribution < -0.4 is 24.8 Å². The van der Waals surface area contributed by atoms with Crippen molar-refractivity contribution >= 4 is 29.9 Å². The molecule has 0 saturated heterocycles. The molecule has 162 valence electrons. The number of methoxy groups -OCH3 is 3. The van der Waals surface area contributed by atoms with E-state index in [9.17, 15) is 0 Å². The summed E-state index contributed by atoms with van der Waals surface area (Å²) in [5.41, 5.74) is 1.88. The van der Waals surface area contributed by atoms with Crippen LogP contribution in [0.25, 0.3) is 0 Å². The molecule has 0 spiro atoms. The molecular weight excluding hydrogens is 487 g/mol. The molecule has 1 heterocycles. The highest BCUT2D eigenvalue weighted by molar-refractivity contribution is 14.0. The second-order valence-corrected chi connectivity index (χ2v) is 6.46. The van der Waals surface area contributed by atoms with Crippen molar-refractivity contribution in [3.05, 3.63) is 35.2 Å². The SMILES string of the molecule is CCNC(=NCc1cc(OC)c(OC)c(OC)c1)NCc1cc(C(C)C)no1.I. The number of benzene rings is 1. The number of ether oxygens (including phenoxy) is 3. The van der Waals surface area contributed by atoms with Crippen LogP contribution in [0, 0.1) is 0 Å². The van der Waals surface area contributed by atoms with Crippen LogP contribution in [0.5, 0.6) is 17.2 Å². The van der Waals surface area contributed by atoms with Crippen molar-refractivity contribution in [2.45, 2.75) is 39.8 Å². The Bertz CT molecular complexity index is 768. The lowest BCUT2D eigenvalue weighted by Gasteiger charge is -2.14. The highest BCUT2D eigenvalue weighted by Gasteiger charge is 2.13. The number of aliphatic imine (C=N–C) groups is 1. The summed E-state index contributed by atoms with van der Waals surface area (Å²) >= 11 is 0. The van der Waals surface area contributed by atoms with Gasteiger partial charge in [-0.05, 0) is 30.5 Å². The van der Waals surface area contributed by atoms with E-state index in [0.717, 1.165) is 23.6 Å². The van der Waals surface area contributed by atoms with Crippen molar-refractivity contribution in [1.29, 1.82) is 0 Å². The van der Waals surface area contributed by atoms with Crippen molar-refractivity contribution in [1.82, 2.24) is 15.8 Å². The first-order valence-electron chi connectivity index (χ1n) is 9.28. The van der Waals surface area contributed by atoms with Gasteiger partial charge in [0.15, 0.2) is 23.2 Å². The Morgan fingerprint density at radius 3 is 2.21 bits per heavy atom. The summed E-state index contributed by atoms with van der Waals surface area (Å²) < 4.78 is 21.5. The van der Waals surface area contributed by atoms with Gasteiger partial charge in [0.1, 0.15) is 0 Å². The molecule has 0 amide bonds. The van der Waals surface area contributed by atoms with E-state index in [2.05, 4.69) is 34.6 Å². The fourth-order valence-corrected chi connectivity index (χ4v) is 2.59. The van der Waals surface area contributed by atoms with Gasteiger partial charge in [-0.3, -0.25) is 0 Å². The van der Waals surface area contributed by atoms with Gasteiger partial charge >= 0.3 is 0 Å². The minimum atomic E-state index is 0. The quantitative estimate of drug-likeness (QED) is 0.297. The Morgan fingerprint density at radius 1 is 1.07 bits per heavy atom. The second-order valence-electron chi connectivity index (χ2n) is 6.46. The molecule has 0 aliphatic rings. The summed E-state index contributed by atoms with van der Waals surface area (Å²) in [5.74, 6) is 3.55. The Labute approximate surface area is 189 Å². The molecule has 2 N–H and O–H groups in total. The second kappa shape index (κ2) is 12.4. The zero-order chi connectivity index (χ0) is 20.5. The molecule has 1 aromatic carbocycles. The van der Waals surface area contributed by atoms with Crippen molar-refractivity contribution in [3.63, 3.8) is 0 Å². The Balaban J connectivity index is 0.00000420. The lowest BCUT2D eigenvalue weighted by Crippen LogP contribution is -2.36. The number of rotatable bonds is 9. The van der Waals surface area contributed by atoms with Crippen molar-refractivity contribution in [2.75, 3.05) is 27.9 Å². The summed E-state index contributed by atoms with van der Waals surface area (Å²) in [6.07, 6.45) is 0. The number of hydrogen-bond donors (Lipinski definition) is 2. The highest BCUT2D eigenvalue weighted by atomic mass is 127. The number of nitrogens with one attached hydrogen (secondary N) is 2. The van der Waals surface area contributed by atoms with Crippen LogP contribution in [0.1, 0.15) is 43.7 Å². The zero-order valence-electron chi connectivity index (χ0n) is 17.9. The largest absolute Gasteiger partial charge is 0.493 e. The van der Waals surface area contributed by atoms with Crippen LogP contribution in [0.3, 0.4) is 0 Å². The van der Waals surface area contributed by atoms with Crippen molar-refractivity contribution < 1.29 is 18.7 Å². The molecule has 2 rings (SSSR count). The van der Waals surface area contributed by atoms with E-state index in [-0.39, 0.29) is 24.0 Å². The summed E-state index contributed by atoms with van der Waals surface area (Å²) in [6, 6.07) is 5.74. The Hall–Kier alpha value is -2.17. The fraction of sp³-hybridized carbons (Fsp3) is 0.500. The predicted octanol–water partition coefficient (Wildman–Crippen LogP) is 3.70. The molecule has 29 heavy (non-hydrogen) atoms. The van der Waals surface area contributed by atoms with Crippen LogP contribution in [0.4, 0.5) is 0 Å². The van der Waals surface area contributed by atoms with Gasteiger partial charge in [-0.15, -0.1) is 24.0 Å². The Morgan fingerprint density at radius 2 is 1.72 bits per heavy atom. The van der Waals surface area contributed by atoms with E-state index in [1.807, 2.05) is 25.1 Å². The van der Waals surface area contributed by atoms with E-state index in [1.165, 1.54) is 0 Å². The third-order valence-corrected chi connectivity index (χ3v) is 4.09. The molecule has 0 aliphatic heterocycles. The number of guanidine groups is 1. The molecule has 1 aromatic heterocycles. The van der Waals surface area contributed by atoms with Gasteiger partial charge in [0, 0.05) is 12.6 Å². The minimum absolute atomic E-state index is 0. The van der Waals surface area contributed by atoms with Gasteiger partial charge in [-0.2, -0.15) is 0 Å². The summed E-state index contributed by atoms with van der Waals surface area (Å²) in [6.45, 7) is 7.87. The third kappa shape index (κ3) is 6.98.